The van der Waals surface area contributed by atoms with E-state index in [1.165, 1.54) is 94.9 Å². The summed E-state index contributed by atoms with van der Waals surface area (Å²) < 4.78 is 26.5. The van der Waals surface area contributed by atoms with E-state index >= 15 is 0 Å². The summed E-state index contributed by atoms with van der Waals surface area (Å²) in [6.07, 6.45) is 30.2. The molecule has 0 amide bonds. The summed E-state index contributed by atoms with van der Waals surface area (Å²) in [5, 5.41) is 32.6. The number of allylic oxidation sites excluding steroid dienone is 2. The molecule has 3 N–H and O–H groups in total. The molecule has 2 aromatic rings. The van der Waals surface area contributed by atoms with Gasteiger partial charge in [0.05, 0.1) is 17.3 Å². The zero-order chi connectivity index (χ0) is 51.1. The summed E-state index contributed by atoms with van der Waals surface area (Å²) in [6.45, 7) is 19.3. The molecule has 2 aromatic carbocycles. The summed E-state index contributed by atoms with van der Waals surface area (Å²) in [4.78, 5) is 10.9. The van der Waals surface area contributed by atoms with Crippen LogP contribution in [-0.4, -0.2) is 32.8 Å². The lowest BCUT2D eigenvalue weighted by atomic mass is 9.46. The maximum absolute atomic E-state index is 13.6. The van der Waals surface area contributed by atoms with Crippen molar-refractivity contribution < 1.29 is 28.9 Å². The van der Waals surface area contributed by atoms with Gasteiger partial charge < -0.3 is 20.1 Å². The van der Waals surface area contributed by atoms with E-state index in [0.717, 1.165) is 116 Å². The van der Waals surface area contributed by atoms with Crippen LogP contribution in [0.3, 0.4) is 0 Å². The lowest BCUT2D eigenvalue weighted by Crippen LogP contribution is -2.52. The van der Waals surface area contributed by atoms with Gasteiger partial charge in [-0.2, -0.15) is 0 Å². The fourth-order valence-corrected chi connectivity index (χ4v) is 18.8. The molecular weight excluding hydrogens is 951 g/mol. The van der Waals surface area contributed by atoms with Crippen LogP contribution in [0.4, 0.5) is 8.78 Å². The van der Waals surface area contributed by atoms with Crippen LogP contribution in [0.2, 0.25) is 0 Å². The molecule has 4 nitrogen and oxygen atoms in total. The Morgan fingerprint density at radius 2 is 1.11 bits per heavy atom. The van der Waals surface area contributed by atoms with Gasteiger partial charge in [0, 0.05) is 10.9 Å². The summed E-state index contributed by atoms with van der Waals surface area (Å²) in [7, 11) is 0. The average Bonchev–Trinajstić information content (AvgIpc) is 3.90. The Labute approximate surface area is 437 Å². The molecule has 0 aliphatic heterocycles. The molecule has 71 heavy (non-hydrogen) atoms. The topological polar surface area (TPSA) is 77.8 Å². The van der Waals surface area contributed by atoms with E-state index in [1.807, 2.05) is 6.07 Å². The number of carbonyl (C=O) groups excluding carboxylic acids is 1. The Hall–Kier alpha value is -2.19. The minimum atomic E-state index is -0.580. The van der Waals surface area contributed by atoms with Gasteiger partial charge in [0.2, 0.25) is 0 Å². The molecule has 7 heteroatoms. The lowest BCUT2D eigenvalue weighted by Gasteiger charge is -2.59. The van der Waals surface area contributed by atoms with E-state index in [0.29, 0.717) is 46.0 Å². The van der Waals surface area contributed by atoms with Crippen molar-refractivity contribution in [2.45, 2.75) is 214 Å². The van der Waals surface area contributed by atoms with Gasteiger partial charge in [-0.1, -0.05) is 113 Å². The Morgan fingerprint density at radius 3 is 1.55 bits per heavy atom. The van der Waals surface area contributed by atoms with E-state index in [1.54, 1.807) is 29.3 Å². The predicted molar refractivity (Wildman–Crippen MR) is 289 cm³/mol. The minimum Gasteiger partial charge on any atom is -0.390 e. The van der Waals surface area contributed by atoms with Crippen molar-refractivity contribution >= 4 is 22.2 Å². The van der Waals surface area contributed by atoms with Crippen LogP contribution >= 0.6 is 15.9 Å². The number of aliphatic hydroxyl groups is 3. The highest BCUT2D eigenvalue weighted by atomic mass is 79.9. The van der Waals surface area contributed by atoms with Gasteiger partial charge in [0.25, 0.3) is 0 Å². The fraction of sp³-hybridized carbons (Fsp3) is 0.734. The van der Waals surface area contributed by atoms with Crippen molar-refractivity contribution in [3.8, 4) is 0 Å². The number of hydrogen-bond donors (Lipinski definition) is 3. The standard InChI is InChI=1S/C32H47FO2.C26H42O2.C6H4BrF/c1-5-32(35)18-17-30(3)23(20-32)10-11-25-27-13-12-26(31(27,4)16-15-28(25)30)21(2)9-14-29(34)22-7-6-8-24(33)19-22;1-5-26(28)15-14-24(3)19(17-26)8-9-20-22-11-10-21(18(2)7-6-16-27)25(22,4)13-12-23(20)24;7-5-2-1-3-6(8)4-5/h6-8,10,19,21,25-29,34-35H,5,9,11-18,20H2,1-4H3;8,16,18,20-23,28H,5-7,9-15,17H2,1-4H3;1-4H/t21-,25+,26-,27+,28+,29?,30+,31-,32+;18-,20+,21-,22+,23+,24+,25-,26+;/m11./s1. The summed E-state index contributed by atoms with van der Waals surface area (Å²) in [6, 6.07) is 12.7. The molecule has 1 unspecified atom stereocenters. The minimum absolute atomic E-state index is 0.209. The third-order valence-corrected chi connectivity index (χ3v) is 23.5. The van der Waals surface area contributed by atoms with Crippen LogP contribution in [0, 0.1) is 92.5 Å². The number of hydrogen-bond acceptors (Lipinski definition) is 4. The Bertz CT molecular complexity index is 2210. The van der Waals surface area contributed by atoms with Crippen LogP contribution in [0.25, 0.3) is 0 Å². The summed E-state index contributed by atoms with van der Waals surface area (Å²) >= 11 is 3.12. The van der Waals surface area contributed by atoms with Gasteiger partial charge >= 0.3 is 0 Å². The smallest absolute Gasteiger partial charge is 0.124 e. The van der Waals surface area contributed by atoms with Crippen LogP contribution in [-0.2, 0) is 4.79 Å². The summed E-state index contributed by atoms with van der Waals surface area (Å²) in [5.74, 6) is 7.14. The van der Waals surface area contributed by atoms with E-state index in [9.17, 15) is 28.9 Å². The molecular formula is C64H93BrF2O4. The highest BCUT2D eigenvalue weighted by molar-refractivity contribution is 9.10. The maximum Gasteiger partial charge on any atom is 0.124 e. The fourth-order valence-electron chi connectivity index (χ4n) is 18.5. The van der Waals surface area contributed by atoms with Crippen molar-refractivity contribution in [1.29, 1.82) is 0 Å². The molecule has 0 radical (unpaired) electrons. The zero-order valence-electron chi connectivity index (χ0n) is 45.1. The Morgan fingerprint density at radius 1 is 0.634 bits per heavy atom. The normalized spacial score (nSPS) is 41.2. The monoisotopic (exact) mass is 1040 g/mol. The first kappa shape index (κ1) is 55.1. The van der Waals surface area contributed by atoms with E-state index in [4.69, 9.17) is 0 Å². The van der Waals surface area contributed by atoms with Crippen molar-refractivity contribution in [3.63, 3.8) is 0 Å². The van der Waals surface area contributed by atoms with Crippen molar-refractivity contribution in [2.24, 2.45) is 80.8 Å². The second-order valence-electron chi connectivity index (χ2n) is 26.3. The second kappa shape index (κ2) is 21.8. The molecule has 8 aliphatic carbocycles. The molecule has 0 saturated heterocycles. The molecule has 0 aromatic heterocycles. The highest BCUT2D eigenvalue weighted by Gasteiger charge is 2.61. The van der Waals surface area contributed by atoms with Crippen LogP contribution in [0.1, 0.15) is 208 Å². The first-order valence-electron chi connectivity index (χ1n) is 28.8. The molecule has 394 valence electrons. The molecule has 6 fully saturated rings. The number of halogens is 3. The van der Waals surface area contributed by atoms with Crippen LogP contribution in [0.5, 0.6) is 0 Å². The van der Waals surface area contributed by atoms with Crippen molar-refractivity contribution in [2.75, 3.05) is 0 Å². The third-order valence-electron chi connectivity index (χ3n) is 23.0. The van der Waals surface area contributed by atoms with Crippen LogP contribution < -0.4 is 0 Å². The largest absolute Gasteiger partial charge is 0.390 e. The van der Waals surface area contributed by atoms with E-state index in [-0.39, 0.29) is 17.0 Å². The average molecular weight is 1040 g/mol. The molecule has 0 spiro atoms. The van der Waals surface area contributed by atoms with Gasteiger partial charge in [-0.15, -0.1) is 0 Å². The van der Waals surface area contributed by atoms with Gasteiger partial charge in [-0.05, 0) is 252 Å². The molecule has 10 rings (SSSR count). The predicted octanol–water partition coefficient (Wildman–Crippen LogP) is 16.9. The SMILES string of the molecule is CC[C@]1(O)CC[C@@]2(C)C(=CC[C@H]3[C@@H]4CC[C@H]([C@H](C)CCC(O)c5cccc(F)c5)[C@@]4(C)CC[C@@H]32)C1.CC[C@]1(O)CC[C@@]2(C)C(=CC[C@H]3[C@@H]4CC[C@H]([C@H](C)CCC=O)[C@@]4(C)CC[C@@H]32)C1.Fc1cccc(Br)c1. The number of aldehydes is 1. The number of rotatable bonds is 11. The molecule has 6 saturated carbocycles. The van der Waals surface area contributed by atoms with Crippen molar-refractivity contribution in [3.05, 3.63) is 93.5 Å². The van der Waals surface area contributed by atoms with Gasteiger partial charge in [-0.25, -0.2) is 8.78 Å². The highest BCUT2D eigenvalue weighted by Crippen LogP contribution is 2.70. The van der Waals surface area contributed by atoms with Crippen molar-refractivity contribution in [1.82, 2.24) is 0 Å². The van der Waals surface area contributed by atoms with E-state index < -0.39 is 17.3 Å². The Balaban J connectivity index is 0.000000167. The van der Waals surface area contributed by atoms with Crippen LogP contribution in [0.15, 0.2) is 76.3 Å². The van der Waals surface area contributed by atoms with E-state index in [2.05, 4.69) is 83.5 Å². The first-order valence-corrected chi connectivity index (χ1v) is 29.6. The lowest BCUT2D eigenvalue weighted by molar-refractivity contribution is -0.108. The molecule has 17 atom stereocenters. The third kappa shape index (κ3) is 10.8. The summed E-state index contributed by atoms with van der Waals surface area (Å²) in [5.41, 5.74) is 4.40. The second-order valence-corrected chi connectivity index (χ2v) is 27.2. The number of carbonyl (C=O) groups is 1. The maximum atomic E-state index is 13.6. The molecule has 0 bridgehead atoms. The molecule has 0 heterocycles. The quantitative estimate of drug-likeness (QED) is 0.155. The zero-order valence-corrected chi connectivity index (χ0v) is 46.7. The number of aliphatic hydroxyl groups excluding tert-OH is 1. The molecule has 8 aliphatic rings. The first-order chi connectivity index (χ1) is 33.7. The van der Waals surface area contributed by atoms with Gasteiger partial charge in [0.1, 0.15) is 17.9 Å². The number of fused-ring (bicyclic) bond motifs is 10. The Kier molecular flexibility index (Phi) is 16.9. The van der Waals surface area contributed by atoms with Gasteiger partial charge in [-0.3, -0.25) is 0 Å². The van der Waals surface area contributed by atoms with Gasteiger partial charge in [0.15, 0.2) is 0 Å². The number of benzene rings is 2.